The van der Waals surface area contributed by atoms with Crippen LogP contribution < -0.4 is 10.4 Å². The maximum Gasteiger partial charge on any atom is 0.204 e. The van der Waals surface area contributed by atoms with Crippen LogP contribution in [0.5, 0.6) is 0 Å². The van der Waals surface area contributed by atoms with Crippen LogP contribution in [0.25, 0.3) is 0 Å². The van der Waals surface area contributed by atoms with Gasteiger partial charge in [0.05, 0.1) is 0 Å². The Hall–Kier alpha value is -1.78. The van der Waals surface area contributed by atoms with Crippen LogP contribution in [-0.4, -0.2) is 8.07 Å². The molecule has 0 saturated carbocycles. The summed E-state index contributed by atoms with van der Waals surface area (Å²) >= 11 is 0. The van der Waals surface area contributed by atoms with Crippen molar-refractivity contribution in [3.63, 3.8) is 0 Å². The van der Waals surface area contributed by atoms with Crippen molar-refractivity contribution in [3.05, 3.63) is 60.7 Å². The molecule has 0 amide bonds. The molecule has 20 heavy (non-hydrogen) atoms. The molecule has 0 bridgehead atoms. The van der Waals surface area contributed by atoms with Gasteiger partial charge in [-0.05, 0) is 22.3 Å². The standard InChI is InChI=1S/C19H22Si/c1-5-16-20(19(2,3)4,17-12-8-6-9-13-17)18-14-10-7-11-15-18/h6-15H,1-4H3. The van der Waals surface area contributed by atoms with Gasteiger partial charge in [-0.2, -0.15) is 0 Å². The van der Waals surface area contributed by atoms with E-state index in [0.717, 1.165) is 0 Å². The van der Waals surface area contributed by atoms with Gasteiger partial charge in [0.25, 0.3) is 0 Å². The van der Waals surface area contributed by atoms with Crippen molar-refractivity contribution in [3.8, 4) is 11.5 Å². The van der Waals surface area contributed by atoms with Gasteiger partial charge in [-0.1, -0.05) is 81.4 Å². The molecule has 0 N–H and O–H groups in total. The summed E-state index contributed by atoms with van der Waals surface area (Å²) in [5.41, 5.74) is 3.66. The Morgan fingerprint density at radius 3 is 1.45 bits per heavy atom. The van der Waals surface area contributed by atoms with Gasteiger partial charge in [0.1, 0.15) is 0 Å². The first-order valence-corrected chi connectivity index (χ1v) is 9.07. The fourth-order valence-corrected chi connectivity index (χ4v) is 7.42. The molecular formula is C19H22Si. The van der Waals surface area contributed by atoms with Gasteiger partial charge in [-0.25, -0.2) is 0 Å². The van der Waals surface area contributed by atoms with E-state index in [2.05, 4.69) is 92.9 Å². The van der Waals surface area contributed by atoms with Gasteiger partial charge in [0, 0.05) is 0 Å². The molecule has 2 aromatic rings. The third-order valence-corrected chi connectivity index (χ3v) is 9.12. The molecule has 0 aliphatic rings. The molecule has 2 rings (SSSR count). The van der Waals surface area contributed by atoms with E-state index in [9.17, 15) is 0 Å². The van der Waals surface area contributed by atoms with E-state index in [1.54, 1.807) is 0 Å². The third kappa shape index (κ3) is 2.44. The Morgan fingerprint density at radius 2 is 1.15 bits per heavy atom. The number of hydrogen-bond donors (Lipinski definition) is 0. The fraction of sp³-hybridized carbons (Fsp3) is 0.263. The van der Waals surface area contributed by atoms with Crippen LogP contribution in [0, 0.1) is 11.5 Å². The monoisotopic (exact) mass is 278 g/mol. The summed E-state index contributed by atoms with van der Waals surface area (Å²) in [7, 11) is -2.11. The molecular weight excluding hydrogens is 256 g/mol. The third-order valence-electron chi connectivity index (χ3n) is 3.85. The van der Waals surface area contributed by atoms with Gasteiger partial charge in [0.2, 0.25) is 8.07 Å². The first-order valence-electron chi connectivity index (χ1n) is 7.07. The van der Waals surface area contributed by atoms with Crippen LogP contribution in [0.2, 0.25) is 5.04 Å². The summed E-state index contributed by atoms with van der Waals surface area (Å²) in [5.74, 6) is 3.22. The smallest absolute Gasteiger partial charge is 0.120 e. The van der Waals surface area contributed by atoms with Crippen molar-refractivity contribution in [2.75, 3.05) is 0 Å². The quantitative estimate of drug-likeness (QED) is 0.581. The molecule has 0 heterocycles. The zero-order chi connectivity index (χ0) is 14.6. The minimum atomic E-state index is -2.11. The predicted molar refractivity (Wildman–Crippen MR) is 91.1 cm³/mol. The number of hydrogen-bond acceptors (Lipinski definition) is 0. The molecule has 2 aromatic carbocycles. The highest BCUT2D eigenvalue weighted by Gasteiger charge is 2.46. The molecule has 0 spiro atoms. The van der Waals surface area contributed by atoms with Gasteiger partial charge in [-0.3, -0.25) is 0 Å². The number of benzene rings is 2. The largest absolute Gasteiger partial charge is 0.204 e. The first-order chi connectivity index (χ1) is 9.52. The van der Waals surface area contributed by atoms with E-state index in [-0.39, 0.29) is 5.04 Å². The highest BCUT2D eigenvalue weighted by atomic mass is 28.3. The SMILES string of the molecule is CC#C[Si](c1ccccc1)(c1ccccc1)C(C)(C)C. The van der Waals surface area contributed by atoms with E-state index in [0.29, 0.717) is 0 Å². The lowest BCUT2D eigenvalue weighted by Gasteiger charge is -2.39. The van der Waals surface area contributed by atoms with Crippen LogP contribution >= 0.6 is 0 Å². The van der Waals surface area contributed by atoms with E-state index in [4.69, 9.17) is 0 Å². The number of rotatable bonds is 2. The Balaban J connectivity index is 2.80. The Kier molecular flexibility index (Phi) is 4.16. The summed E-state index contributed by atoms with van der Waals surface area (Å²) in [5, 5.41) is 2.93. The molecule has 102 valence electrons. The molecule has 0 unspecified atom stereocenters. The molecule has 0 saturated heterocycles. The average molecular weight is 278 g/mol. The summed E-state index contributed by atoms with van der Waals surface area (Å²) in [6, 6.07) is 21.6. The zero-order valence-electron chi connectivity index (χ0n) is 12.8. The van der Waals surface area contributed by atoms with E-state index in [1.165, 1.54) is 10.4 Å². The predicted octanol–water partition coefficient (Wildman–Crippen LogP) is 3.61. The van der Waals surface area contributed by atoms with Gasteiger partial charge in [-0.15, -0.1) is 11.5 Å². The Morgan fingerprint density at radius 1 is 0.750 bits per heavy atom. The lowest BCUT2D eigenvalue weighted by Crippen LogP contribution is -2.63. The van der Waals surface area contributed by atoms with Crippen molar-refractivity contribution in [2.45, 2.75) is 32.7 Å². The van der Waals surface area contributed by atoms with Crippen LogP contribution in [0.15, 0.2) is 60.7 Å². The van der Waals surface area contributed by atoms with Crippen LogP contribution in [0.3, 0.4) is 0 Å². The lowest BCUT2D eigenvalue weighted by molar-refractivity contribution is 0.740. The molecule has 0 fully saturated rings. The molecule has 0 aliphatic heterocycles. The minimum absolute atomic E-state index is 0.138. The van der Waals surface area contributed by atoms with Crippen LogP contribution in [0.4, 0.5) is 0 Å². The lowest BCUT2D eigenvalue weighted by atomic mass is 10.2. The first kappa shape index (κ1) is 14.6. The van der Waals surface area contributed by atoms with Crippen LogP contribution in [-0.2, 0) is 0 Å². The minimum Gasteiger partial charge on any atom is -0.120 e. The van der Waals surface area contributed by atoms with E-state index >= 15 is 0 Å². The summed E-state index contributed by atoms with van der Waals surface area (Å²) < 4.78 is 0. The molecule has 0 atom stereocenters. The van der Waals surface area contributed by atoms with Crippen molar-refractivity contribution in [1.29, 1.82) is 0 Å². The molecule has 0 nitrogen and oxygen atoms in total. The fourth-order valence-electron chi connectivity index (χ4n) is 2.93. The van der Waals surface area contributed by atoms with Crippen molar-refractivity contribution in [2.24, 2.45) is 0 Å². The Labute approximate surface area is 123 Å². The van der Waals surface area contributed by atoms with Crippen molar-refractivity contribution in [1.82, 2.24) is 0 Å². The van der Waals surface area contributed by atoms with Crippen molar-refractivity contribution < 1.29 is 0 Å². The van der Waals surface area contributed by atoms with Gasteiger partial charge in [0.15, 0.2) is 0 Å². The molecule has 0 aliphatic carbocycles. The van der Waals surface area contributed by atoms with Crippen LogP contribution in [0.1, 0.15) is 27.7 Å². The summed E-state index contributed by atoms with van der Waals surface area (Å²) in [4.78, 5) is 0. The second-order valence-corrected chi connectivity index (χ2v) is 10.5. The maximum absolute atomic E-state index is 3.66. The molecule has 1 heteroatoms. The summed E-state index contributed by atoms with van der Waals surface area (Å²) in [6.07, 6.45) is 0. The Bertz CT molecular complexity index is 570. The second-order valence-electron chi connectivity index (χ2n) is 6.11. The molecule has 0 radical (unpaired) electrons. The van der Waals surface area contributed by atoms with E-state index < -0.39 is 8.07 Å². The second kappa shape index (κ2) is 5.69. The van der Waals surface area contributed by atoms with Gasteiger partial charge < -0.3 is 0 Å². The molecule has 0 aromatic heterocycles. The normalized spacial score (nSPS) is 11.6. The average Bonchev–Trinajstić information content (AvgIpc) is 2.45. The van der Waals surface area contributed by atoms with Crippen molar-refractivity contribution >= 4 is 18.4 Å². The highest BCUT2D eigenvalue weighted by molar-refractivity contribution is 7.10. The van der Waals surface area contributed by atoms with Gasteiger partial charge >= 0.3 is 0 Å². The topological polar surface area (TPSA) is 0 Å². The summed E-state index contributed by atoms with van der Waals surface area (Å²) in [6.45, 7) is 8.93. The maximum atomic E-state index is 3.66. The zero-order valence-corrected chi connectivity index (χ0v) is 13.8. The van der Waals surface area contributed by atoms with E-state index in [1.807, 2.05) is 6.92 Å². The highest BCUT2D eigenvalue weighted by Crippen LogP contribution is 2.35.